The van der Waals surface area contributed by atoms with Gasteiger partial charge in [-0.2, -0.15) is 0 Å². The minimum atomic E-state index is -1.23. The summed E-state index contributed by atoms with van der Waals surface area (Å²) in [7, 11) is -1.23. The number of fused-ring (bicyclic) bond motifs is 3. The van der Waals surface area contributed by atoms with E-state index in [1.807, 2.05) is 54.7 Å². The molecule has 1 radical (unpaired) electrons. The number of nitrogens with zero attached hydrogens (tertiary/aromatic N) is 2. The van der Waals surface area contributed by atoms with E-state index in [0.717, 1.165) is 50.0 Å². The van der Waals surface area contributed by atoms with Crippen molar-refractivity contribution in [1.29, 1.82) is 0 Å². The van der Waals surface area contributed by atoms with Crippen molar-refractivity contribution < 1.29 is 24.5 Å². The molecule has 0 bridgehead atoms. The van der Waals surface area contributed by atoms with Crippen molar-refractivity contribution in [1.82, 2.24) is 9.97 Å². The summed E-state index contributed by atoms with van der Waals surface area (Å²) in [6.07, 6.45) is 3.81. The van der Waals surface area contributed by atoms with E-state index < -0.39 is 8.07 Å². The zero-order valence-corrected chi connectivity index (χ0v) is 28.1. The second-order valence-electron chi connectivity index (χ2n) is 11.4. The van der Waals surface area contributed by atoms with E-state index in [4.69, 9.17) is 4.42 Å². The third kappa shape index (κ3) is 6.76. The van der Waals surface area contributed by atoms with Crippen LogP contribution in [0, 0.1) is 19.1 Å². The van der Waals surface area contributed by atoms with Crippen LogP contribution >= 0.6 is 0 Å². The number of furan rings is 1. The van der Waals surface area contributed by atoms with E-state index >= 15 is 0 Å². The molecule has 3 heterocycles. The monoisotopic (exact) mass is 753 g/mol. The van der Waals surface area contributed by atoms with Crippen LogP contribution < -0.4 is 5.19 Å². The van der Waals surface area contributed by atoms with Gasteiger partial charge in [-0.1, -0.05) is 96.8 Å². The van der Waals surface area contributed by atoms with Crippen molar-refractivity contribution >= 4 is 35.2 Å². The Balaban J connectivity index is 0.000000188. The van der Waals surface area contributed by atoms with Crippen molar-refractivity contribution in [2.45, 2.75) is 26.6 Å². The van der Waals surface area contributed by atoms with E-state index in [0.29, 0.717) is 0 Å². The molecule has 0 aliphatic rings. The van der Waals surface area contributed by atoms with Crippen molar-refractivity contribution in [2.75, 3.05) is 0 Å². The molecule has 0 atom stereocenters. The first kappa shape index (κ1) is 30.3. The van der Waals surface area contributed by atoms with Crippen molar-refractivity contribution in [3.63, 3.8) is 0 Å². The summed E-state index contributed by atoms with van der Waals surface area (Å²) in [5.41, 5.74) is 9.15. The molecule has 4 aromatic carbocycles. The number of aryl methyl sites for hydroxylation is 1. The molecule has 0 saturated carbocycles. The molecule has 215 valence electrons. The fourth-order valence-electron chi connectivity index (χ4n) is 4.92. The molecule has 7 rings (SSSR count). The maximum absolute atomic E-state index is 6.25. The topological polar surface area (TPSA) is 38.9 Å². The van der Waals surface area contributed by atoms with Gasteiger partial charge in [-0.05, 0) is 46.8 Å². The summed E-state index contributed by atoms with van der Waals surface area (Å²) in [6.45, 7) is 9.09. The standard InChI is InChI=1S/C24H16NO.C14H16NSi.Ir/c1-16-8-10-17(11-9-16)18-12-13-19-20-5-4-6-21(22-7-2-3-14-25-22)24(20)26-23(19)15-18;1-16(2,3)13-9-10-14(15-11-13)12-7-5-4-6-8-12;/h2-5,7-15H,1H3;4-7,9-11H,1-3H3;/q2*-1;. The first-order chi connectivity index (χ1) is 20.4. The van der Waals surface area contributed by atoms with Crippen LogP contribution in [0.2, 0.25) is 19.6 Å². The van der Waals surface area contributed by atoms with E-state index in [1.54, 1.807) is 6.20 Å². The van der Waals surface area contributed by atoms with Gasteiger partial charge in [-0.3, -0.25) is 0 Å². The van der Waals surface area contributed by atoms with Crippen molar-refractivity contribution in [3.8, 4) is 33.6 Å². The van der Waals surface area contributed by atoms with Crippen LogP contribution in [-0.2, 0) is 20.1 Å². The number of pyridine rings is 2. The molecule has 0 aliphatic heterocycles. The average Bonchev–Trinajstić information content (AvgIpc) is 3.40. The van der Waals surface area contributed by atoms with Crippen LogP contribution in [0.4, 0.5) is 0 Å². The van der Waals surface area contributed by atoms with E-state index in [2.05, 4.69) is 109 Å². The minimum absolute atomic E-state index is 0. The van der Waals surface area contributed by atoms with Gasteiger partial charge in [0.2, 0.25) is 0 Å². The number of rotatable bonds is 4. The average molecular weight is 753 g/mol. The van der Waals surface area contributed by atoms with E-state index in [1.165, 1.54) is 16.3 Å². The van der Waals surface area contributed by atoms with Gasteiger partial charge < -0.3 is 14.4 Å². The molecule has 0 unspecified atom stereocenters. The van der Waals surface area contributed by atoms with Crippen LogP contribution in [0.15, 0.2) is 126 Å². The maximum atomic E-state index is 6.25. The van der Waals surface area contributed by atoms with E-state index in [9.17, 15) is 0 Å². The fourth-order valence-corrected chi connectivity index (χ4v) is 5.95. The molecule has 0 saturated heterocycles. The van der Waals surface area contributed by atoms with Crippen LogP contribution in [0.5, 0.6) is 0 Å². The Morgan fingerprint density at radius 1 is 0.674 bits per heavy atom. The molecular weight excluding hydrogens is 721 g/mol. The normalized spacial score (nSPS) is 11.1. The van der Waals surface area contributed by atoms with Gasteiger partial charge in [0, 0.05) is 37.9 Å². The molecule has 0 N–H and O–H groups in total. The predicted octanol–water partition coefficient (Wildman–Crippen LogP) is 9.52. The third-order valence-corrected chi connectivity index (χ3v) is 9.38. The fraction of sp³-hybridized carbons (Fsp3) is 0.105. The quantitative estimate of drug-likeness (QED) is 0.133. The van der Waals surface area contributed by atoms with Crippen LogP contribution in [0.3, 0.4) is 0 Å². The summed E-state index contributed by atoms with van der Waals surface area (Å²) < 4.78 is 6.25. The number of hydrogen-bond acceptors (Lipinski definition) is 3. The molecule has 3 nitrogen and oxygen atoms in total. The number of hydrogen-bond donors (Lipinski definition) is 0. The van der Waals surface area contributed by atoms with Gasteiger partial charge in [0.05, 0.1) is 13.7 Å². The third-order valence-electron chi connectivity index (χ3n) is 7.35. The largest absolute Gasteiger partial charge is 0.501 e. The first-order valence-electron chi connectivity index (χ1n) is 14.2. The minimum Gasteiger partial charge on any atom is -0.501 e. The van der Waals surface area contributed by atoms with Gasteiger partial charge in [-0.25, -0.2) is 0 Å². The Bertz CT molecular complexity index is 1940. The molecule has 7 aromatic rings. The summed E-state index contributed by atoms with van der Waals surface area (Å²) in [5, 5.41) is 3.60. The molecule has 0 amide bonds. The molecular formula is C38H32IrN2OSi-2. The van der Waals surface area contributed by atoms with Gasteiger partial charge in [-0.15, -0.1) is 54.1 Å². The summed E-state index contributed by atoms with van der Waals surface area (Å²) in [5.74, 6) is 0. The van der Waals surface area contributed by atoms with Gasteiger partial charge in [0.1, 0.15) is 5.58 Å². The number of aromatic nitrogens is 2. The van der Waals surface area contributed by atoms with Crippen LogP contribution in [-0.4, -0.2) is 18.0 Å². The second kappa shape index (κ2) is 13.0. The van der Waals surface area contributed by atoms with E-state index in [-0.39, 0.29) is 20.1 Å². The summed E-state index contributed by atoms with van der Waals surface area (Å²) in [6, 6.07) is 43.5. The molecule has 0 spiro atoms. The Kier molecular flexibility index (Phi) is 9.17. The molecule has 43 heavy (non-hydrogen) atoms. The van der Waals surface area contributed by atoms with Gasteiger partial charge in [0.15, 0.2) is 0 Å². The van der Waals surface area contributed by atoms with Gasteiger partial charge >= 0.3 is 0 Å². The predicted molar refractivity (Wildman–Crippen MR) is 177 cm³/mol. The molecule has 0 aliphatic carbocycles. The van der Waals surface area contributed by atoms with Crippen LogP contribution in [0.1, 0.15) is 5.56 Å². The molecule has 0 fully saturated rings. The van der Waals surface area contributed by atoms with Crippen LogP contribution in [0.25, 0.3) is 55.6 Å². The zero-order valence-electron chi connectivity index (χ0n) is 24.7. The summed E-state index contributed by atoms with van der Waals surface area (Å²) >= 11 is 0. The van der Waals surface area contributed by atoms with Crippen molar-refractivity contribution in [2.24, 2.45) is 0 Å². The second-order valence-corrected chi connectivity index (χ2v) is 16.5. The Morgan fingerprint density at radius 3 is 2.14 bits per heavy atom. The smallest absolute Gasteiger partial charge is 0.121 e. The van der Waals surface area contributed by atoms with Crippen molar-refractivity contribution in [3.05, 3.63) is 139 Å². The molecule has 3 aromatic heterocycles. The van der Waals surface area contributed by atoms with Gasteiger partial charge in [0.25, 0.3) is 0 Å². The molecule has 5 heteroatoms. The Hall–Kier alpha value is -4.15. The zero-order chi connectivity index (χ0) is 29.1. The summed E-state index contributed by atoms with van der Waals surface area (Å²) in [4.78, 5) is 8.97. The Morgan fingerprint density at radius 2 is 1.47 bits per heavy atom. The Labute approximate surface area is 268 Å². The number of benzene rings is 4. The maximum Gasteiger partial charge on any atom is 0.121 e. The SMILES string of the molecule is C[Si](C)(C)c1ccc(-c2[c-]cccc2)nc1.Cc1ccc(-c2ccc3c(c2)oc2c(-c4ccccn4)[c-]ccc23)cc1.[Ir]. The first-order valence-corrected chi connectivity index (χ1v) is 17.7.